The van der Waals surface area contributed by atoms with E-state index >= 15 is 0 Å². The largest absolute Gasteiger partial charge is 0.333 e. The van der Waals surface area contributed by atoms with Crippen LogP contribution in [0.4, 0.5) is 0 Å². The second-order valence-corrected chi connectivity index (χ2v) is 3.13. The maximum absolute atomic E-state index is 4.55. The standard InChI is InChI=1S/C9H7N5O.CH5N/c1-14-8-6(3-2-4-10-8)12-9(14)7-5-11-15-13-7;1-2/h2-5H,1H3;2H2,1H3. The van der Waals surface area contributed by atoms with Crippen molar-refractivity contribution in [3.63, 3.8) is 0 Å². The number of imidazole rings is 1. The Morgan fingerprint density at radius 3 is 2.82 bits per heavy atom. The summed E-state index contributed by atoms with van der Waals surface area (Å²) < 4.78 is 6.40. The highest BCUT2D eigenvalue weighted by atomic mass is 16.6. The van der Waals surface area contributed by atoms with Gasteiger partial charge in [-0.3, -0.25) is 0 Å². The van der Waals surface area contributed by atoms with Crippen molar-refractivity contribution in [3.8, 4) is 11.5 Å². The zero-order valence-corrected chi connectivity index (χ0v) is 9.53. The van der Waals surface area contributed by atoms with Crippen LogP contribution < -0.4 is 5.73 Å². The van der Waals surface area contributed by atoms with Crippen LogP contribution in [-0.2, 0) is 7.05 Å². The van der Waals surface area contributed by atoms with Gasteiger partial charge < -0.3 is 10.3 Å². The average Bonchev–Trinajstić information content (AvgIpc) is 3.00. The molecule has 0 aliphatic carbocycles. The van der Waals surface area contributed by atoms with Gasteiger partial charge in [0.05, 0.1) is 0 Å². The molecular weight excluding hydrogens is 220 g/mol. The van der Waals surface area contributed by atoms with E-state index in [0.717, 1.165) is 11.2 Å². The van der Waals surface area contributed by atoms with Gasteiger partial charge in [-0.15, -0.1) is 0 Å². The molecule has 0 aromatic carbocycles. The SMILES string of the molecule is CN.Cn1c(-c2cnon2)nc2cccnc21. The van der Waals surface area contributed by atoms with Gasteiger partial charge in [0.25, 0.3) is 0 Å². The predicted molar refractivity (Wildman–Crippen MR) is 61.9 cm³/mol. The highest BCUT2D eigenvalue weighted by Gasteiger charge is 2.12. The highest BCUT2D eigenvalue weighted by Crippen LogP contribution is 2.19. The number of nitrogens with zero attached hydrogens (tertiary/aromatic N) is 5. The van der Waals surface area contributed by atoms with Crippen LogP contribution in [0.1, 0.15) is 0 Å². The van der Waals surface area contributed by atoms with Crippen LogP contribution >= 0.6 is 0 Å². The summed E-state index contributed by atoms with van der Waals surface area (Å²) in [6.45, 7) is 0. The Labute approximate surface area is 97.2 Å². The van der Waals surface area contributed by atoms with E-state index in [4.69, 9.17) is 0 Å². The fraction of sp³-hybridized carbons (Fsp3) is 0.200. The second kappa shape index (κ2) is 4.71. The molecule has 7 heteroatoms. The van der Waals surface area contributed by atoms with Gasteiger partial charge in [0, 0.05) is 13.2 Å². The van der Waals surface area contributed by atoms with E-state index in [1.807, 2.05) is 23.7 Å². The van der Waals surface area contributed by atoms with Crippen molar-refractivity contribution >= 4 is 11.2 Å². The quantitative estimate of drug-likeness (QED) is 0.659. The van der Waals surface area contributed by atoms with E-state index in [0.29, 0.717) is 11.5 Å². The fourth-order valence-corrected chi connectivity index (χ4v) is 1.52. The summed E-state index contributed by atoms with van der Waals surface area (Å²) in [5, 5.41) is 7.30. The van der Waals surface area contributed by atoms with Gasteiger partial charge >= 0.3 is 0 Å². The third-order valence-electron chi connectivity index (χ3n) is 2.22. The van der Waals surface area contributed by atoms with Crippen molar-refractivity contribution < 1.29 is 4.63 Å². The first kappa shape index (κ1) is 11.2. The number of aromatic nitrogens is 5. The van der Waals surface area contributed by atoms with Gasteiger partial charge in [0.15, 0.2) is 17.2 Å². The first-order valence-corrected chi connectivity index (χ1v) is 4.99. The molecule has 17 heavy (non-hydrogen) atoms. The van der Waals surface area contributed by atoms with Gasteiger partial charge in [-0.05, 0) is 24.3 Å². The van der Waals surface area contributed by atoms with E-state index in [-0.39, 0.29) is 0 Å². The van der Waals surface area contributed by atoms with E-state index in [1.54, 1.807) is 6.20 Å². The van der Waals surface area contributed by atoms with Gasteiger partial charge in [-0.2, -0.15) is 0 Å². The van der Waals surface area contributed by atoms with Crippen LogP contribution in [0.3, 0.4) is 0 Å². The van der Waals surface area contributed by atoms with Crippen LogP contribution in [0.15, 0.2) is 29.2 Å². The van der Waals surface area contributed by atoms with Crippen molar-refractivity contribution in [2.24, 2.45) is 12.8 Å². The molecule has 0 fully saturated rings. The first-order valence-electron chi connectivity index (χ1n) is 4.99. The first-order chi connectivity index (χ1) is 8.36. The molecule has 0 atom stereocenters. The molecule has 3 aromatic rings. The highest BCUT2D eigenvalue weighted by molar-refractivity contribution is 5.75. The predicted octanol–water partition coefficient (Wildman–Crippen LogP) is 0.593. The number of aryl methyl sites for hydroxylation is 1. The summed E-state index contributed by atoms with van der Waals surface area (Å²) in [6, 6.07) is 3.75. The van der Waals surface area contributed by atoms with Crippen LogP contribution in [0, 0.1) is 0 Å². The van der Waals surface area contributed by atoms with Crippen molar-refractivity contribution in [1.29, 1.82) is 0 Å². The Balaban J connectivity index is 0.000000514. The molecule has 7 nitrogen and oxygen atoms in total. The third kappa shape index (κ3) is 1.87. The molecule has 0 amide bonds. The minimum atomic E-state index is 0.607. The molecule has 0 saturated heterocycles. The zero-order valence-electron chi connectivity index (χ0n) is 9.53. The summed E-state index contributed by atoms with van der Waals surface area (Å²) in [7, 11) is 3.38. The Morgan fingerprint density at radius 2 is 2.18 bits per heavy atom. The summed E-state index contributed by atoms with van der Waals surface area (Å²) in [6.07, 6.45) is 3.26. The monoisotopic (exact) mass is 232 g/mol. The Hall–Kier alpha value is -2.28. The molecule has 3 rings (SSSR count). The smallest absolute Gasteiger partial charge is 0.170 e. The van der Waals surface area contributed by atoms with Crippen LogP contribution in [-0.4, -0.2) is 31.9 Å². The second-order valence-electron chi connectivity index (χ2n) is 3.13. The minimum Gasteiger partial charge on any atom is -0.333 e. The van der Waals surface area contributed by atoms with Crippen molar-refractivity contribution in [2.45, 2.75) is 0 Å². The topological polar surface area (TPSA) is 95.7 Å². The molecule has 0 saturated carbocycles. The average molecular weight is 232 g/mol. The maximum Gasteiger partial charge on any atom is 0.170 e. The Bertz CT molecular complexity index is 600. The maximum atomic E-state index is 4.55. The molecule has 88 valence electrons. The summed E-state index contributed by atoms with van der Waals surface area (Å²) >= 11 is 0. The van der Waals surface area contributed by atoms with Gasteiger partial charge in [0.1, 0.15) is 11.7 Å². The fourth-order valence-electron chi connectivity index (χ4n) is 1.52. The zero-order chi connectivity index (χ0) is 12.3. The number of nitrogens with two attached hydrogens (primary N) is 1. The van der Waals surface area contributed by atoms with Crippen molar-refractivity contribution in [2.75, 3.05) is 7.05 Å². The van der Waals surface area contributed by atoms with Crippen LogP contribution in [0.2, 0.25) is 0 Å². The van der Waals surface area contributed by atoms with E-state index in [9.17, 15) is 0 Å². The third-order valence-corrected chi connectivity index (χ3v) is 2.22. The lowest BCUT2D eigenvalue weighted by atomic mass is 10.4. The molecule has 3 aromatic heterocycles. The van der Waals surface area contributed by atoms with Crippen LogP contribution in [0.5, 0.6) is 0 Å². The Morgan fingerprint density at radius 1 is 1.35 bits per heavy atom. The molecule has 3 heterocycles. The summed E-state index contributed by atoms with van der Waals surface area (Å²) in [4.78, 5) is 8.63. The normalized spacial score (nSPS) is 10.1. The van der Waals surface area contributed by atoms with Gasteiger partial charge in [-0.25, -0.2) is 14.6 Å². The molecule has 0 radical (unpaired) electrons. The van der Waals surface area contributed by atoms with Crippen LogP contribution in [0.25, 0.3) is 22.7 Å². The molecule has 0 aliphatic rings. The van der Waals surface area contributed by atoms with E-state index < -0.39 is 0 Å². The Kier molecular flexibility index (Phi) is 3.10. The number of hydrogen-bond acceptors (Lipinski definition) is 6. The number of pyridine rings is 1. The molecule has 0 aliphatic heterocycles. The molecule has 0 bridgehead atoms. The number of fused-ring (bicyclic) bond motifs is 1. The number of rotatable bonds is 1. The molecule has 0 spiro atoms. The minimum absolute atomic E-state index is 0.607. The molecule has 0 unspecified atom stereocenters. The summed E-state index contributed by atoms with van der Waals surface area (Å²) in [5.74, 6) is 0.699. The van der Waals surface area contributed by atoms with Gasteiger partial charge in [-0.1, -0.05) is 5.16 Å². The molecule has 2 N–H and O–H groups in total. The van der Waals surface area contributed by atoms with Gasteiger partial charge in [0.2, 0.25) is 0 Å². The lowest BCUT2D eigenvalue weighted by Crippen LogP contribution is -1.93. The summed E-state index contributed by atoms with van der Waals surface area (Å²) in [5.41, 5.74) is 6.75. The van der Waals surface area contributed by atoms with E-state index in [2.05, 4.69) is 30.6 Å². The lowest BCUT2D eigenvalue weighted by Gasteiger charge is -1.95. The van der Waals surface area contributed by atoms with E-state index in [1.165, 1.54) is 13.2 Å². The van der Waals surface area contributed by atoms with Crippen molar-refractivity contribution in [1.82, 2.24) is 24.8 Å². The van der Waals surface area contributed by atoms with Crippen molar-refractivity contribution in [3.05, 3.63) is 24.5 Å². The lowest BCUT2D eigenvalue weighted by molar-refractivity contribution is 0.308. The molecular formula is C10H12N6O. The number of hydrogen-bond donors (Lipinski definition) is 1.